The molecule has 60 heavy (non-hydrogen) atoms. The van der Waals surface area contributed by atoms with Crippen LogP contribution in [0, 0.1) is 0 Å². The lowest BCUT2D eigenvalue weighted by Crippen LogP contribution is -2.34. The monoisotopic (exact) mass is 782 g/mol. The fourth-order valence-corrected chi connectivity index (χ4v) is 7.52. The molecule has 7 aromatic carbocycles. The van der Waals surface area contributed by atoms with Crippen molar-refractivity contribution < 1.29 is 9.10 Å². The van der Waals surface area contributed by atoms with E-state index in [4.69, 9.17) is 19.7 Å². The Morgan fingerprint density at radius 3 is 1.23 bits per heavy atom. The third-order valence-electron chi connectivity index (χ3n) is 11.1. The Bertz CT molecular complexity index is 2860. The van der Waals surface area contributed by atoms with Crippen LogP contribution in [0.4, 0.5) is 0 Å². The molecule has 0 bridgehead atoms. The van der Waals surface area contributed by atoms with Gasteiger partial charge in [0, 0.05) is 39.6 Å². The van der Waals surface area contributed by atoms with Crippen LogP contribution in [0.2, 0.25) is 0 Å². The van der Waals surface area contributed by atoms with Crippen LogP contribution in [0.3, 0.4) is 0 Å². The topological polar surface area (TPSA) is 60.6 Å². The van der Waals surface area contributed by atoms with Crippen molar-refractivity contribution in [1.29, 1.82) is 0 Å². The Balaban J connectivity index is 1.13. The average Bonchev–Trinajstić information content (AvgIpc) is 3.93. The molecule has 0 amide bonds. The van der Waals surface area contributed by atoms with Crippen molar-refractivity contribution in [3.8, 4) is 79.3 Å². The van der Waals surface area contributed by atoms with Gasteiger partial charge in [-0.25, -0.2) is 0 Å². The fraction of sp³-hybridized carbons (Fsp3) is 0.148. The standard InChI is InChI=1S/C54H48N5O/c1-53(2,3)45-29-25-42(26-30-45)50-56-55-49(41-21-17-39(18-22-41)37-13-9-7-10-14-37)58(50)47-33-35-48(36-34-47)59-52(44-23-19-40(20-24-44)38-15-11-8-12-16-38)60-51(57-59)43-27-31-46(32-28-43)54(4,5)6/h7-36H,1-6H3/q+1. The first-order chi connectivity index (χ1) is 29.0. The van der Waals surface area contributed by atoms with Gasteiger partial charge in [-0.1, -0.05) is 175 Å². The Labute approximate surface area is 352 Å². The van der Waals surface area contributed by atoms with Gasteiger partial charge >= 0.3 is 5.89 Å². The smallest absolute Gasteiger partial charge is 0.377 e. The molecule has 0 aliphatic carbocycles. The summed E-state index contributed by atoms with van der Waals surface area (Å²) in [6.45, 7) is 13.3. The highest BCUT2D eigenvalue weighted by molar-refractivity contribution is 5.72. The third-order valence-corrected chi connectivity index (χ3v) is 11.1. The van der Waals surface area contributed by atoms with Crippen LogP contribution >= 0.6 is 0 Å². The average molecular weight is 783 g/mol. The summed E-state index contributed by atoms with van der Waals surface area (Å²) in [7, 11) is 0. The largest absolute Gasteiger partial charge is 0.414 e. The van der Waals surface area contributed by atoms with Gasteiger partial charge in [-0.05, 0) is 85.3 Å². The minimum absolute atomic E-state index is 0.0327. The molecule has 0 N–H and O–H groups in total. The van der Waals surface area contributed by atoms with Crippen molar-refractivity contribution >= 4 is 0 Å². The highest BCUT2D eigenvalue weighted by Gasteiger charge is 2.28. The Hall–Kier alpha value is -7.18. The Kier molecular flexibility index (Phi) is 9.93. The minimum Gasteiger partial charge on any atom is -0.377 e. The van der Waals surface area contributed by atoms with Gasteiger partial charge in [0.25, 0.3) is 5.89 Å². The maximum Gasteiger partial charge on any atom is 0.414 e. The van der Waals surface area contributed by atoms with E-state index in [1.807, 2.05) is 16.8 Å². The van der Waals surface area contributed by atoms with Gasteiger partial charge in [-0.2, -0.15) is 0 Å². The SMILES string of the molecule is CC(C)(C)c1ccc(-c2n[n+](-c3ccc(-n4c(-c5ccc(-c6ccccc6)cc5)nnc4-c4ccc(C(C)(C)C)cc4)cc3)c(-c3ccc(-c4ccccc4)cc3)o2)cc1. The lowest BCUT2D eigenvalue weighted by Gasteiger charge is -2.19. The number of nitrogens with zero attached hydrogens (tertiary/aromatic N) is 5. The number of hydrogen-bond acceptors (Lipinski definition) is 4. The lowest BCUT2D eigenvalue weighted by atomic mass is 9.86. The van der Waals surface area contributed by atoms with E-state index < -0.39 is 0 Å². The summed E-state index contributed by atoms with van der Waals surface area (Å²) < 4.78 is 10.7. The van der Waals surface area contributed by atoms with Crippen LogP contribution in [0.15, 0.2) is 186 Å². The second kappa shape index (κ2) is 15.5. The van der Waals surface area contributed by atoms with E-state index in [1.165, 1.54) is 16.7 Å². The first-order valence-electron chi connectivity index (χ1n) is 20.5. The van der Waals surface area contributed by atoms with Crippen molar-refractivity contribution in [2.75, 3.05) is 0 Å². The van der Waals surface area contributed by atoms with Gasteiger partial charge in [0.15, 0.2) is 11.6 Å². The van der Waals surface area contributed by atoms with Crippen LogP contribution in [-0.2, 0) is 10.8 Å². The molecular formula is C54H48N5O+. The maximum absolute atomic E-state index is 6.67. The summed E-state index contributed by atoms with van der Waals surface area (Å²) in [6, 6.07) is 63.4. The van der Waals surface area contributed by atoms with Gasteiger partial charge in [0.2, 0.25) is 5.69 Å². The van der Waals surface area contributed by atoms with E-state index in [1.54, 1.807) is 0 Å². The quantitative estimate of drug-likeness (QED) is 0.144. The second-order valence-corrected chi connectivity index (χ2v) is 17.4. The van der Waals surface area contributed by atoms with E-state index >= 15 is 0 Å². The number of rotatable bonds is 8. The third kappa shape index (κ3) is 7.72. The molecule has 294 valence electrons. The summed E-state index contributed by atoms with van der Waals surface area (Å²) in [5.74, 6) is 2.70. The fourth-order valence-electron chi connectivity index (χ4n) is 7.52. The molecule has 0 unspecified atom stereocenters. The van der Waals surface area contributed by atoms with Gasteiger partial charge < -0.3 is 4.42 Å². The van der Waals surface area contributed by atoms with E-state index in [-0.39, 0.29) is 10.8 Å². The van der Waals surface area contributed by atoms with Crippen LogP contribution in [0.25, 0.3) is 79.3 Å². The Morgan fingerprint density at radius 1 is 0.400 bits per heavy atom. The van der Waals surface area contributed by atoms with Crippen molar-refractivity contribution in [3.63, 3.8) is 0 Å². The maximum atomic E-state index is 6.67. The molecule has 0 saturated heterocycles. The molecule has 0 aliphatic heterocycles. The van der Waals surface area contributed by atoms with Crippen molar-refractivity contribution in [2.45, 2.75) is 52.4 Å². The van der Waals surface area contributed by atoms with E-state index in [2.05, 4.69) is 216 Å². The van der Waals surface area contributed by atoms with Gasteiger partial charge in [0.1, 0.15) is 0 Å². The molecule has 0 fully saturated rings. The highest BCUT2D eigenvalue weighted by Crippen LogP contribution is 2.33. The summed E-state index contributed by atoms with van der Waals surface area (Å²) in [5.41, 5.74) is 12.8. The minimum atomic E-state index is 0.0327. The lowest BCUT2D eigenvalue weighted by molar-refractivity contribution is -0.648. The zero-order valence-corrected chi connectivity index (χ0v) is 35.0. The zero-order valence-electron chi connectivity index (χ0n) is 35.0. The molecule has 0 atom stereocenters. The molecular weight excluding hydrogens is 735 g/mol. The molecule has 2 aromatic heterocycles. The van der Waals surface area contributed by atoms with Crippen LogP contribution in [-0.4, -0.2) is 19.9 Å². The predicted molar refractivity (Wildman–Crippen MR) is 243 cm³/mol. The molecule has 0 spiro atoms. The van der Waals surface area contributed by atoms with Gasteiger partial charge in [-0.3, -0.25) is 4.57 Å². The van der Waals surface area contributed by atoms with E-state index in [0.29, 0.717) is 11.8 Å². The number of hydrogen-bond donors (Lipinski definition) is 0. The molecule has 9 rings (SSSR count). The normalized spacial score (nSPS) is 11.8. The molecule has 6 heteroatoms. The summed E-state index contributed by atoms with van der Waals surface area (Å²) in [6.07, 6.45) is 0. The first kappa shape index (κ1) is 38.3. The molecule has 6 nitrogen and oxygen atoms in total. The van der Waals surface area contributed by atoms with Gasteiger partial charge in [-0.15, -0.1) is 10.2 Å². The Morgan fingerprint density at radius 2 is 0.783 bits per heavy atom. The molecule has 0 saturated carbocycles. The molecule has 2 heterocycles. The second-order valence-electron chi connectivity index (χ2n) is 17.4. The molecule has 0 radical (unpaired) electrons. The molecule has 0 aliphatic rings. The predicted octanol–water partition coefficient (Wildman–Crippen LogP) is 13.1. The van der Waals surface area contributed by atoms with Crippen molar-refractivity contribution in [3.05, 3.63) is 193 Å². The van der Waals surface area contributed by atoms with Crippen molar-refractivity contribution in [2.24, 2.45) is 0 Å². The molecule has 9 aromatic rings. The van der Waals surface area contributed by atoms with Crippen LogP contribution < -0.4 is 4.68 Å². The van der Waals surface area contributed by atoms with E-state index in [9.17, 15) is 0 Å². The summed E-state index contributed by atoms with van der Waals surface area (Å²) in [5, 5.41) is 14.7. The van der Waals surface area contributed by atoms with Crippen LogP contribution in [0.1, 0.15) is 52.7 Å². The summed E-state index contributed by atoms with van der Waals surface area (Å²) >= 11 is 0. The van der Waals surface area contributed by atoms with E-state index in [0.717, 1.165) is 62.0 Å². The van der Waals surface area contributed by atoms with Gasteiger partial charge in [0.05, 0.1) is 5.56 Å². The van der Waals surface area contributed by atoms with Crippen molar-refractivity contribution in [1.82, 2.24) is 19.9 Å². The number of benzene rings is 7. The first-order valence-corrected chi connectivity index (χ1v) is 20.5. The highest BCUT2D eigenvalue weighted by atomic mass is 16.4. The summed E-state index contributed by atoms with van der Waals surface area (Å²) in [4.78, 5) is 0. The van der Waals surface area contributed by atoms with Crippen LogP contribution in [0.5, 0.6) is 0 Å². The number of aromatic nitrogens is 5. The zero-order chi connectivity index (χ0) is 41.4.